The first-order chi connectivity index (χ1) is 13.7. The van der Waals surface area contributed by atoms with E-state index in [2.05, 4.69) is 37.3 Å². The van der Waals surface area contributed by atoms with Gasteiger partial charge in [0.1, 0.15) is 6.67 Å². The van der Waals surface area contributed by atoms with Crippen LogP contribution in [0.3, 0.4) is 0 Å². The summed E-state index contributed by atoms with van der Waals surface area (Å²) in [6, 6.07) is 7.43. The minimum atomic E-state index is -0.738. The van der Waals surface area contributed by atoms with Crippen molar-refractivity contribution in [1.29, 1.82) is 0 Å². The number of hydrogen-bond acceptors (Lipinski definition) is 5. The van der Waals surface area contributed by atoms with Gasteiger partial charge in [-0.25, -0.2) is 23.7 Å². The first-order valence-corrected chi connectivity index (χ1v) is 9.17. The number of imidazole rings is 1. The van der Waals surface area contributed by atoms with Crippen molar-refractivity contribution in [2.24, 2.45) is 0 Å². The summed E-state index contributed by atoms with van der Waals surface area (Å²) >= 11 is 0. The molecule has 6 nitrogen and oxygen atoms in total. The van der Waals surface area contributed by atoms with Gasteiger partial charge in [-0.05, 0) is 24.3 Å². The Morgan fingerprint density at radius 3 is 2.75 bits per heavy atom. The van der Waals surface area contributed by atoms with Crippen molar-refractivity contribution in [2.75, 3.05) is 31.1 Å². The number of nitrogens with one attached hydrogen (secondary N) is 1. The predicted octanol–water partition coefficient (Wildman–Crippen LogP) is 2.96. The second-order valence-electron chi connectivity index (χ2n) is 6.85. The maximum Gasteiger partial charge on any atom is 0.173 e. The van der Waals surface area contributed by atoms with E-state index in [1.165, 1.54) is 16.7 Å². The monoisotopic (exact) mass is 380 g/mol. The lowest BCUT2D eigenvalue weighted by molar-refractivity contribution is 0.477. The van der Waals surface area contributed by atoms with Crippen molar-refractivity contribution in [2.45, 2.75) is 6.67 Å². The topological polar surface area (TPSA) is 58.4 Å². The number of rotatable bonds is 3. The lowest BCUT2D eigenvalue weighted by Crippen LogP contribution is -2.43. The van der Waals surface area contributed by atoms with Crippen LogP contribution >= 0.6 is 0 Å². The summed E-state index contributed by atoms with van der Waals surface area (Å²) < 4.78 is 28.7. The Labute approximate surface area is 159 Å². The van der Waals surface area contributed by atoms with E-state index in [-0.39, 0.29) is 11.3 Å². The summed E-state index contributed by atoms with van der Waals surface area (Å²) in [6.07, 6.45) is 4.90. The first-order valence-electron chi connectivity index (χ1n) is 9.17. The smallest absolute Gasteiger partial charge is 0.173 e. The average Bonchev–Trinajstić information content (AvgIpc) is 3.18. The van der Waals surface area contributed by atoms with E-state index >= 15 is 0 Å². The Balaban J connectivity index is 1.53. The number of hydrogen-bond donors (Lipinski definition) is 1. The van der Waals surface area contributed by atoms with Gasteiger partial charge in [0.05, 0.1) is 11.2 Å². The van der Waals surface area contributed by atoms with Gasteiger partial charge in [0.2, 0.25) is 0 Å². The summed E-state index contributed by atoms with van der Waals surface area (Å²) in [6.45, 7) is 3.14. The lowest BCUT2D eigenvalue weighted by atomic mass is 10.2. The van der Waals surface area contributed by atoms with Crippen LogP contribution in [0.2, 0.25) is 0 Å². The molecule has 1 fully saturated rings. The third-order valence-electron chi connectivity index (χ3n) is 5.00. The molecule has 0 unspecified atom stereocenters. The third-order valence-corrected chi connectivity index (χ3v) is 5.00. The number of nitrogens with zero attached hydrogens (tertiary/aromatic N) is 5. The first kappa shape index (κ1) is 17.0. The highest BCUT2D eigenvalue weighted by Gasteiger charge is 2.14. The molecule has 4 heterocycles. The van der Waals surface area contributed by atoms with Gasteiger partial charge < -0.3 is 14.6 Å². The lowest BCUT2D eigenvalue weighted by Gasteiger charge is -2.29. The van der Waals surface area contributed by atoms with Crippen LogP contribution in [0.1, 0.15) is 5.69 Å². The number of halogens is 2. The van der Waals surface area contributed by atoms with Crippen LogP contribution in [0, 0.1) is 5.82 Å². The normalized spacial score (nSPS) is 14.9. The Kier molecular flexibility index (Phi) is 4.12. The van der Waals surface area contributed by atoms with Gasteiger partial charge in [-0.3, -0.25) is 0 Å². The zero-order valence-electron chi connectivity index (χ0n) is 15.1. The molecule has 0 saturated carbocycles. The molecule has 1 saturated heterocycles. The third kappa shape index (κ3) is 2.95. The summed E-state index contributed by atoms with van der Waals surface area (Å²) in [5, 5.41) is 4.28. The molecule has 1 N–H and O–H groups in total. The molecule has 1 aromatic carbocycles. The number of pyridine rings is 1. The number of benzene rings is 1. The quantitative estimate of drug-likeness (QED) is 0.592. The van der Waals surface area contributed by atoms with Gasteiger partial charge in [0.15, 0.2) is 17.3 Å². The Bertz CT molecular complexity index is 1170. The fraction of sp³-hybridized carbons (Fsp3) is 0.250. The van der Waals surface area contributed by atoms with Crippen LogP contribution in [0.15, 0.2) is 42.9 Å². The fourth-order valence-electron chi connectivity index (χ4n) is 3.57. The molecule has 1 aliphatic rings. The van der Waals surface area contributed by atoms with E-state index in [1.807, 2.05) is 6.07 Å². The molecule has 8 heteroatoms. The van der Waals surface area contributed by atoms with Gasteiger partial charge in [-0.15, -0.1) is 0 Å². The van der Waals surface area contributed by atoms with Crippen LogP contribution in [-0.2, 0) is 6.67 Å². The van der Waals surface area contributed by atoms with E-state index in [0.717, 1.165) is 42.8 Å². The molecular weight excluding hydrogens is 362 g/mol. The molecular formula is C20H18F2N6. The number of fused-ring (bicyclic) bond motifs is 2. The number of anilines is 1. The molecule has 0 aliphatic carbocycles. The highest BCUT2D eigenvalue weighted by molar-refractivity contribution is 5.83. The van der Waals surface area contributed by atoms with E-state index in [9.17, 15) is 8.78 Å². The number of alkyl halides is 1. The van der Waals surface area contributed by atoms with Gasteiger partial charge in [-0.2, -0.15) is 0 Å². The number of aromatic nitrogens is 4. The molecule has 3 aromatic heterocycles. The van der Waals surface area contributed by atoms with Crippen molar-refractivity contribution < 1.29 is 8.78 Å². The van der Waals surface area contributed by atoms with E-state index in [4.69, 9.17) is 0 Å². The molecule has 28 heavy (non-hydrogen) atoms. The van der Waals surface area contributed by atoms with Crippen LogP contribution in [-0.4, -0.2) is 45.5 Å². The second kappa shape index (κ2) is 6.79. The van der Waals surface area contributed by atoms with E-state index < -0.39 is 12.5 Å². The van der Waals surface area contributed by atoms with Crippen molar-refractivity contribution >= 4 is 22.2 Å². The van der Waals surface area contributed by atoms with Crippen LogP contribution < -0.4 is 10.2 Å². The van der Waals surface area contributed by atoms with Crippen molar-refractivity contribution in [1.82, 2.24) is 24.7 Å². The summed E-state index contributed by atoms with van der Waals surface area (Å²) in [7, 11) is 0. The van der Waals surface area contributed by atoms with Gasteiger partial charge in [-0.1, -0.05) is 0 Å². The van der Waals surface area contributed by atoms with Gasteiger partial charge in [0, 0.05) is 61.4 Å². The SMILES string of the molecule is FCc1cn2cc(-c3ncc4cc(N5CCNCC5)ccc4n3)cc(F)c2n1. The van der Waals surface area contributed by atoms with Crippen LogP contribution in [0.25, 0.3) is 27.9 Å². The highest BCUT2D eigenvalue weighted by atomic mass is 19.1. The fourth-order valence-corrected chi connectivity index (χ4v) is 3.57. The maximum atomic E-state index is 14.4. The minimum Gasteiger partial charge on any atom is -0.369 e. The maximum absolute atomic E-state index is 14.4. The van der Waals surface area contributed by atoms with Crippen LogP contribution in [0.4, 0.5) is 14.5 Å². The Morgan fingerprint density at radius 1 is 1.07 bits per heavy atom. The Morgan fingerprint density at radius 2 is 1.93 bits per heavy atom. The standard InChI is InChI=1S/C20H18F2N6/c21-9-15-12-28-11-14(8-17(22)20(28)25-15)19-24-10-13-7-16(1-2-18(13)26-19)27-5-3-23-4-6-27/h1-2,7-8,10-12,23H,3-6,9H2. The zero-order valence-corrected chi connectivity index (χ0v) is 15.1. The molecule has 0 bridgehead atoms. The summed E-state index contributed by atoms with van der Waals surface area (Å²) in [5.74, 6) is -0.117. The highest BCUT2D eigenvalue weighted by Crippen LogP contribution is 2.25. The van der Waals surface area contributed by atoms with E-state index in [1.54, 1.807) is 12.4 Å². The summed E-state index contributed by atoms with van der Waals surface area (Å²) in [5.41, 5.74) is 2.74. The largest absolute Gasteiger partial charge is 0.369 e. The molecule has 0 atom stereocenters. The molecule has 1 aliphatic heterocycles. The summed E-state index contributed by atoms with van der Waals surface area (Å²) in [4.78, 5) is 15.3. The van der Waals surface area contributed by atoms with Crippen molar-refractivity contribution in [3.63, 3.8) is 0 Å². The van der Waals surface area contributed by atoms with Crippen molar-refractivity contribution in [3.05, 3.63) is 54.4 Å². The van der Waals surface area contributed by atoms with E-state index in [0.29, 0.717) is 11.4 Å². The molecule has 5 rings (SSSR count). The molecule has 0 amide bonds. The second-order valence-corrected chi connectivity index (χ2v) is 6.85. The zero-order chi connectivity index (χ0) is 19.1. The van der Waals surface area contributed by atoms with Gasteiger partial charge in [0.25, 0.3) is 0 Å². The molecule has 142 valence electrons. The predicted molar refractivity (Wildman–Crippen MR) is 104 cm³/mol. The van der Waals surface area contributed by atoms with Crippen molar-refractivity contribution in [3.8, 4) is 11.4 Å². The number of piperazine rings is 1. The molecule has 0 spiro atoms. The van der Waals surface area contributed by atoms with Gasteiger partial charge >= 0.3 is 0 Å². The average molecular weight is 380 g/mol. The Hall–Kier alpha value is -3.13. The molecule has 0 radical (unpaired) electrons. The molecule has 4 aromatic rings. The van der Waals surface area contributed by atoms with Crippen LogP contribution in [0.5, 0.6) is 0 Å². The minimum absolute atomic E-state index is 0.0952.